The molecule has 0 aromatic carbocycles. The minimum Gasteiger partial charge on any atom is -0.463 e. The topological polar surface area (TPSA) is 104 Å². The van der Waals surface area contributed by atoms with Crippen molar-refractivity contribution in [3.63, 3.8) is 0 Å². The molecule has 0 spiro atoms. The summed E-state index contributed by atoms with van der Waals surface area (Å²) in [6, 6.07) is 0. The van der Waals surface area contributed by atoms with E-state index < -0.39 is 46.4 Å². The van der Waals surface area contributed by atoms with Crippen LogP contribution in [0.25, 0.3) is 0 Å². The Bertz CT molecular complexity index is 466. The molecule has 11 heteroatoms. The molecule has 4 atom stereocenters. The van der Waals surface area contributed by atoms with E-state index in [9.17, 15) is 9.59 Å². The largest absolute Gasteiger partial charge is 0.509 e. The molecule has 2 aliphatic heterocycles. The summed E-state index contributed by atoms with van der Waals surface area (Å²) in [5.41, 5.74) is 0. The van der Waals surface area contributed by atoms with Gasteiger partial charge in [0.05, 0.1) is 0 Å². The first kappa shape index (κ1) is 16.4. The van der Waals surface area contributed by atoms with E-state index in [-0.39, 0.29) is 6.61 Å². The maximum absolute atomic E-state index is 11.2. The zero-order valence-electron chi connectivity index (χ0n) is 10.5. The highest BCUT2D eigenvalue weighted by Gasteiger charge is 2.56. The van der Waals surface area contributed by atoms with Crippen LogP contribution in [-0.4, -0.2) is 53.0 Å². The molecule has 8 nitrogen and oxygen atoms in total. The van der Waals surface area contributed by atoms with Crippen LogP contribution in [0.15, 0.2) is 0 Å². The predicted molar refractivity (Wildman–Crippen MR) is 69.5 cm³/mol. The van der Waals surface area contributed by atoms with Crippen molar-refractivity contribution in [3.8, 4) is 0 Å². The average Bonchev–Trinajstić information content (AvgIpc) is 2.85. The molecule has 0 aromatic heterocycles. The molecule has 2 saturated heterocycles. The van der Waals surface area contributed by atoms with Crippen molar-refractivity contribution in [2.24, 2.45) is 0 Å². The fraction of sp³-hybridized carbons (Fsp3) is 0.700. The number of ether oxygens (including phenoxy) is 5. The first-order valence-corrected chi connectivity index (χ1v) is 6.80. The highest BCUT2D eigenvalue weighted by molar-refractivity contribution is 6.76. The summed E-state index contributed by atoms with van der Waals surface area (Å²) in [7, 11) is 0. The second-order valence-electron chi connectivity index (χ2n) is 4.21. The second kappa shape index (κ2) is 6.04. The summed E-state index contributed by atoms with van der Waals surface area (Å²) in [4.78, 5) is 22.0. The Labute approximate surface area is 133 Å². The zero-order chi connectivity index (χ0) is 15.8. The van der Waals surface area contributed by atoms with Crippen LogP contribution in [0.5, 0.6) is 0 Å². The van der Waals surface area contributed by atoms with Gasteiger partial charge < -0.3 is 23.7 Å². The van der Waals surface area contributed by atoms with E-state index >= 15 is 0 Å². The van der Waals surface area contributed by atoms with Crippen LogP contribution in [0.3, 0.4) is 0 Å². The maximum Gasteiger partial charge on any atom is 0.509 e. The van der Waals surface area contributed by atoms with E-state index in [1.54, 1.807) is 0 Å². The number of carbonyl (C=O) groups excluding carboxylic acids is 2. The minimum atomic E-state index is -2.09. The third kappa shape index (κ3) is 3.82. The molecular weight excluding hydrogens is 352 g/mol. The quantitative estimate of drug-likeness (QED) is 0.351. The Kier molecular flexibility index (Phi) is 4.72. The third-order valence-electron chi connectivity index (χ3n) is 2.67. The lowest BCUT2D eigenvalue weighted by Crippen LogP contribution is -2.35. The van der Waals surface area contributed by atoms with Gasteiger partial charge in [0.25, 0.3) is 3.79 Å². The van der Waals surface area contributed by atoms with Crippen LogP contribution < -0.4 is 0 Å². The molecule has 118 valence electrons. The number of nitrogens with one attached hydrogen (secondary N) is 1. The normalized spacial score (nSPS) is 31.1. The first-order chi connectivity index (χ1) is 9.68. The number of hydrogen-bond donors (Lipinski definition) is 1. The lowest BCUT2D eigenvalue weighted by molar-refractivity contribution is -0.156. The van der Waals surface area contributed by atoms with Crippen molar-refractivity contribution in [2.75, 3.05) is 6.61 Å². The van der Waals surface area contributed by atoms with Crippen molar-refractivity contribution in [1.82, 2.24) is 0 Å². The van der Waals surface area contributed by atoms with Crippen molar-refractivity contribution in [2.45, 2.75) is 35.3 Å². The molecular formula is C10H10Cl3NO7. The third-order valence-corrected chi connectivity index (χ3v) is 3.19. The molecule has 2 rings (SSSR count). The van der Waals surface area contributed by atoms with Gasteiger partial charge >= 0.3 is 12.1 Å². The highest BCUT2D eigenvalue weighted by Crippen LogP contribution is 2.35. The molecule has 21 heavy (non-hydrogen) atoms. The van der Waals surface area contributed by atoms with Gasteiger partial charge in [-0.15, -0.1) is 0 Å². The number of fused-ring (bicyclic) bond motifs is 1. The smallest absolute Gasteiger partial charge is 0.463 e. The van der Waals surface area contributed by atoms with Crippen LogP contribution in [0.2, 0.25) is 0 Å². The fourth-order valence-corrected chi connectivity index (χ4v) is 1.95. The Morgan fingerprint density at radius 2 is 1.95 bits per heavy atom. The maximum atomic E-state index is 11.2. The van der Waals surface area contributed by atoms with Gasteiger partial charge in [-0.1, -0.05) is 34.8 Å². The van der Waals surface area contributed by atoms with Gasteiger partial charge in [-0.05, 0) is 0 Å². The van der Waals surface area contributed by atoms with E-state index in [0.717, 1.165) is 0 Å². The fourth-order valence-electron chi connectivity index (χ4n) is 1.82. The summed E-state index contributed by atoms with van der Waals surface area (Å²) < 4.78 is 22.9. The van der Waals surface area contributed by atoms with Crippen molar-refractivity contribution < 1.29 is 33.3 Å². The number of hydrogen-bond acceptors (Lipinski definition) is 8. The van der Waals surface area contributed by atoms with Crippen LogP contribution in [0.1, 0.15) is 6.92 Å². The lowest BCUT2D eigenvalue weighted by atomic mass is 10.1. The molecule has 0 radical (unpaired) electrons. The number of rotatable bonds is 3. The summed E-state index contributed by atoms with van der Waals surface area (Å²) in [6.45, 7) is 1.05. The van der Waals surface area contributed by atoms with Crippen LogP contribution in [0, 0.1) is 5.41 Å². The van der Waals surface area contributed by atoms with Gasteiger partial charge in [-0.2, -0.15) is 0 Å². The first-order valence-electron chi connectivity index (χ1n) is 5.67. The number of alkyl halides is 3. The molecule has 1 N–H and O–H groups in total. The Morgan fingerprint density at radius 3 is 2.52 bits per heavy atom. The Morgan fingerprint density at radius 1 is 1.33 bits per heavy atom. The Hall–Kier alpha value is -0.960. The van der Waals surface area contributed by atoms with Gasteiger partial charge in [0.15, 0.2) is 6.10 Å². The van der Waals surface area contributed by atoms with Gasteiger partial charge in [0, 0.05) is 6.92 Å². The zero-order valence-corrected chi connectivity index (χ0v) is 12.8. The Balaban J connectivity index is 2.04. The number of esters is 1. The monoisotopic (exact) mass is 361 g/mol. The summed E-state index contributed by atoms with van der Waals surface area (Å²) in [5, 5.41) is 7.48. The van der Waals surface area contributed by atoms with Crippen molar-refractivity contribution >= 4 is 52.8 Å². The molecule has 2 aliphatic rings. The van der Waals surface area contributed by atoms with E-state index in [4.69, 9.17) is 63.9 Å². The summed E-state index contributed by atoms with van der Waals surface area (Å²) >= 11 is 16.5. The van der Waals surface area contributed by atoms with E-state index in [1.165, 1.54) is 6.92 Å². The van der Waals surface area contributed by atoms with Crippen molar-refractivity contribution in [1.29, 1.82) is 5.41 Å². The number of carbonyl (C=O) groups is 2. The van der Waals surface area contributed by atoms with Crippen LogP contribution in [-0.2, 0) is 28.5 Å². The van der Waals surface area contributed by atoms with E-state index in [2.05, 4.69) is 0 Å². The second-order valence-corrected chi connectivity index (χ2v) is 6.49. The van der Waals surface area contributed by atoms with Crippen molar-refractivity contribution in [3.05, 3.63) is 0 Å². The predicted octanol–water partition coefficient (Wildman–Crippen LogP) is 1.54. The minimum absolute atomic E-state index is 0.173. The van der Waals surface area contributed by atoms with Crippen LogP contribution in [0.4, 0.5) is 4.79 Å². The molecule has 0 bridgehead atoms. The lowest BCUT2D eigenvalue weighted by Gasteiger charge is -2.20. The molecule has 0 saturated carbocycles. The van der Waals surface area contributed by atoms with E-state index in [0.29, 0.717) is 0 Å². The van der Waals surface area contributed by atoms with Gasteiger partial charge in [0.1, 0.15) is 12.7 Å². The molecule has 0 unspecified atom stereocenters. The van der Waals surface area contributed by atoms with Gasteiger partial charge in [0.2, 0.25) is 18.3 Å². The van der Waals surface area contributed by atoms with Crippen LogP contribution >= 0.6 is 34.8 Å². The molecule has 0 aliphatic carbocycles. The van der Waals surface area contributed by atoms with Gasteiger partial charge in [-0.3, -0.25) is 10.2 Å². The summed E-state index contributed by atoms with van der Waals surface area (Å²) in [6.07, 6.45) is -4.73. The SMILES string of the molecule is CC(=O)OC[C@H]1O[C@@H](OC(=N)C(Cl)(Cl)Cl)[C@@H]2OC(=O)O[C@@H]21. The standard InChI is InChI=1S/C10H10Cl3NO7/c1-3(15)17-2-4-5-6(20-9(16)19-5)7(18-4)21-8(14)10(11,12)13/h4-7,14H,2H2,1H3/t4-,5-,6-,7+/m1/s1. The molecule has 2 fully saturated rings. The molecule has 0 aromatic rings. The van der Waals surface area contributed by atoms with E-state index in [1.807, 2.05) is 0 Å². The molecule has 2 heterocycles. The van der Waals surface area contributed by atoms with Gasteiger partial charge in [-0.25, -0.2) is 4.79 Å². The summed E-state index contributed by atoms with van der Waals surface area (Å²) in [5.74, 6) is -1.23. The number of halogens is 3. The average molecular weight is 363 g/mol. The highest BCUT2D eigenvalue weighted by atomic mass is 35.6. The molecule has 0 amide bonds.